The second kappa shape index (κ2) is 5.75. The SMILES string of the molecule is O=C(Nc1ccc(Br)c(C(=O)O)c1)c1cc(=O)[nH]c(=O)[nH]1. The summed E-state index contributed by atoms with van der Waals surface area (Å²) in [7, 11) is 0. The van der Waals surface area contributed by atoms with Gasteiger partial charge in [-0.05, 0) is 34.1 Å². The zero-order valence-corrected chi connectivity index (χ0v) is 11.9. The molecule has 2 rings (SSSR count). The average Bonchev–Trinajstić information content (AvgIpc) is 2.39. The number of benzene rings is 1. The first-order valence-electron chi connectivity index (χ1n) is 5.54. The Hall–Kier alpha value is -2.68. The maximum absolute atomic E-state index is 11.9. The molecule has 1 aromatic heterocycles. The van der Waals surface area contributed by atoms with Crippen molar-refractivity contribution in [3.05, 3.63) is 60.8 Å². The van der Waals surface area contributed by atoms with Crippen LogP contribution in [0.2, 0.25) is 0 Å². The highest BCUT2D eigenvalue weighted by molar-refractivity contribution is 9.10. The van der Waals surface area contributed by atoms with Crippen LogP contribution in [0.15, 0.2) is 38.3 Å². The number of hydrogen-bond donors (Lipinski definition) is 4. The van der Waals surface area contributed by atoms with Gasteiger partial charge in [0.15, 0.2) is 0 Å². The minimum Gasteiger partial charge on any atom is -0.478 e. The third kappa shape index (κ3) is 3.45. The van der Waals surface area contributed by atoms with Gasteiger partial charge in [0.25, 0.3) is 11.5 Å². The summed E-state index contributed by atoms with van der Waals surface area (Å²) in [6.45, 7) is 0. The number of halogens is 1. The Kier molecular flexibility index (Phi) is 4.03. The van der Waals surface area contributed by atoms with E-state index >= 15 is 0 Å². The summed E-state index contributed by atoms with van der Waals surface area (Å²) in [5.74, 6) is -1.90. The van der Waals surface area contributed by atoms with Gasteiger partial charge in [-0.2, -0.15) is 0 Å². The van der Waals surface area contributed by atoms with E-state index in [1.54, 1.807) is 0 Å². The molecule has 1 heterocycles. The van der Waals surface area contributed by atoms with E-state index in [-0.39, 0.29) is 16.9 Å². The van der Waals surface area contributed by atoms with Crippen LogP contribution in [0, 0.1) is 0 Å². The second-order valence-electron chi connectivity index (χ2n) is 3.96. The molecule has 4 N–H and O–H groups in total. The first-order valence-corrected chi connectivity index (χ1v) is 6.34. The summed E-state index contributed by atoms with van der Waals surface area (Å²) < 4.78 is 0.359. The molecule has 0 bridgehead atoms. The minimum absolute atomic E-state index is 0.0350. The van der Waals surface area contributed by atoms with Crippen LogP contribution in [0.5, 0.6) is 0 Å². The van der Waals surface area contributed by atoms with Crippen molar-refractivity contribution in [2.45, 2.75) is 0 Å². The fourth-order valence-electron chi connectivity index (χ4n) is 1.56. The van der Waals surface area contributed by atoms with E-state index in [2.05, 4.69) is 26.2 Å². The lowest BCUT2D eigenvalue weighted by atomic mass is 10.2. The van der Waals surface area contributed by atoms with Crippen molar-refractivity contribution >= 4 is 33.5 Å². The van der Waals surface area contributed by atoms with Crippen LogP contribution < -0.4 is 16.6 Å². The Balaban J connectivity index is 2.31. The second-order valence-corrected chi connectivity index (χ2v) is 4.81. The van der Waals surface area contributed by atoms with Crippen LogP contribution in [0.4, 0.5) is 5.69 Å². The molecule has 0 unspecified atom stereocenters. The number of carbonyl (C=O) groups is 2. The van der Waals surface area contributed by atoms with Gasteiger partial charge >= 0.3 is 11.7 Å². The molecule has 108 valence electrons. The summed E-state index contributed by atoms with van der Waals surface area (Å²) in [5, 5.41) is 11.4. The number of hydrogen-bond acceptors (Lipinski definition) is 4. The number of rotatable bonds is 3. The van der Waals surface area contributed by atoms with Crippen LogP contribution in [-0.4, -0.2) is 27.0 Å². The molecule has 0 fully saturated rings. The van der Waals surface area contributed by atoms with E-state index in [4.69, 9.17) is 5.11 Å². The molecule has 8 nitrogen and oxygen atoms in total. The molecule has 2 aromatic rings. The van der Waals surface area contributed by atoms with Gasteiger partial charge in [-0.1, -0.05) is 0 Å². The van der Waals surface area contributed by atoms with Gasteiger partial charge in [0.1, 0.15) is 5.69 Å². The first kappa shape index (κ1) is 14.7. The number of aromatic amines is 2. The van der Waals surface area contributed by atoms with E-state index in [1.165, 1.54) is 18.2 Å². The molecule has 21 heavy (non-hydrogen) atoms. The van der Waals surface area contributed by atoms with Crippen LogP contribution in [-0.2, 0) is 0 Å². The molecule has 9 heteroatoms. The van der Waals surface area contributed by atoms with Gasteiger partial charge in [0.05, 0.1) is 5.56 Å². The van der Waals surface area contributed by atoms with Crippen molar-refractivity contribution in [3.8, 4) is 0 Å². The Morgan fingerprint density at radius 1 is 1.14 bits per heavy atom. The molecule has 0 saturated heterocycles. The number of H-pyrrole nitrogens is 2. The molecular formula is C12H8BrN3O5. The van der Waals surface area contributed by atoms with E-state index in [0.29, 0.717) is 4.47 Å². The van der Waals surface area contributed by atoms with Crippen molar-refractivity contribution in [3.63, 3.8) is 0 Å². The highest BCUT2D eigenvalue weighted by Gasteiger charge is 2.12. The fraction of sp³-hybridized carbons (Fsp3) is 0. The minimum atomic E-state index is -1.16. The normalized spacial score (nSPS) is 10.1. The van der Waals surface area contributed by atoms with Crippen LogP contribution in [0.25, 0.3) is 0 Å². The summed E-state index contributed by atoms with van der Waals surface area (Å²) in [5.41, 5.74) is -1.59. The monoisotopic (exact) mass is 353 g/mol. The van der Waals surface area contributed by atoms with Gasteiger partial charge in [0.2, 0.25) is 0 Å². The highest BCUT2D eigenvalue weighted by atomic mass is 79.9. The van der Waals surface area contributed by atoms with Gasteiger partial charge in [-0.25, -0.2) is 9.59 Å². The molecule has 1 aromatic carbocycles. The summed E-state index contributed by atoms with van der Waals surface area (Å²) >= 11 is 3.07. The number of amides is 1. The molecule has 0 radical (unpaired) electrons. The van der Waals surface area contributed by atoms with Crippen LogP contribution >= 0.6 is 15.9 Å². The Morgan fingerprint density at radius 3 is 2.48 bits per heavy atom. The molecule has 0 aliphatic heterocycles. The maximum Gasteiger partial charge on any atom is 0.336 e. The molecular weight excluding hydrogens is 346 g/mol. The molecule has 0 atom stereocenters. The Labute approximate surface area is 125 Å². The van der Waals surface area contributed by atoms with E-state index < -0.39 is 23.1 Å². The molecule has 1 amide bonds. The van der Waals surface area contributed by atoms with Crippen molar-refractivity contribution in [1.82, 2.24) is 9.97 Å². The topological polar surface area (TPSA) is 132 Å². The molecule has 0 aliphatic rings. The number of carboxylic acids is 1. The van der Waals surface area contributed by atoms with E-state index in [1.807, 2.05) is 4.98 Å². The Bertz CT molecular complexity index is 811. The number of aromatic nitrogens is 2. The first-order chi connectivity index (χ1) is 9.86. The molecule has 0 saturated carbocycles. The zero-order chi connectivity index (χ0) is 15.6. The van der Waals surface area contributed by atoms with Crippen molar-refractivity contribution in [2.24, 2.45) is 0 Å². The van der Waals surface area contributed by atoms with Gasteiger partial charge in [0, 0.05) is 16.2 Å². The van der Waals surface area contributed by atoms with Gasteiger partial charge in [-0.15, -0.1) is 0 Å². The predicted molar refractivity (Wildman–Crippen MR) is 76.7 cm³/mol. The van der Waals surface area contributed by atoms with E-state index in [9.17, 15) is 19.2 Å². The zero-order valence-electron chi connectivity index (χ0n) is 10.3. The molecule has 0 spiro atoms. The Morgan fingerprint density at radius 2 is 1.86 bits per heavy atom. The van der Waals surface area contributed by atoms with Crippen molar-refractivity contribution < 1.29 is 14.7 Å². The summed E-state index contributed by atoms with van der Waals surface area (Å²) in [6.07, 6.45) is 0. The van der Waals surface area contributed by atoms with Gasteiger partial charge < -0.3 is 15.4 Å². The smallest absolute Gasteiger partial charge is 0.336 e. The average molecular weight is 354 g/mol. The number of carboxylic acid groups (broad SMARTS) is 1. The number of carbonyl (C=O) groups excluding carboxylic acids is 1. The lowest BCUT2D eigenvalue weighted by Gasteiger charge is -2.07. The van der Waals surface area contributed by atoms with Crippen molar-refractivity contribution in [2.75, 3.05) is 5.32 Å². The maximum atomic E-state index is 11.9. The quantitative estimate of drug-likeness (QED) is 0.647. The third-order valence-electron chi connectivity index (χ3n) is 2.46. The van der Waals surface area contributed by atoms with Crippen LogP contribution in [0.3, 0.4) is 0 Å². The van der Waals surface area contributed by atoms with Crippen LogP contribution in [0.1, 0.15) is 20.8 Å². The lowest BCUT2D eigenvalue weighted by Crippen LogP contribution is -2.27. The predicted octanol–water partition coefficient (Wildman–Crippen LogP) is 0.776. The van der Waals surface area contributed by atoms with E-state index in [0.717, 1.165) is 6.07 Å². The number of anilines is 1. The van der Waals surface area contributed by atoms with Gasteiger partial charge in [-0.3, -0.25) is 14.6 Å². The summed E-state index contributed by atoms with van der Waals surface area (Å²) in [4.78, 5) is 49.2. The third-order valence-corrected chi connectivity index (χ3v) is 3.15. The molecule has 0 aliphatic carbocycles. The number of nitrogens with one attached hydrogen (secondary N) is 3. The summed E-state index contributed by atoms with van der Waals surface area (Å²) in [6, 6.07) is 5.10. The largest absolute Gasteiger partial charge is 0.478 e. The van der Waals surface area contributed by atoms with Crippen molar-refractivity contribution in [1.29, 1.82) is 0 Å². The fourth-order valence-corrected chi connectivity index (χ4v) is 1.97. The highest BCUT2D eigenvalue weighted by Crippen LogP contribution is 2.21. The lowest BCUT2D eigenvalue weighted by molar-refractivity contribution is 0.0695. The number of aromatic carboxylic acids is 1. The standard InChI is InChI=1S/C12H8BrN3O5/c13-7-2-1-5(3-6(7)11(19)20)14-10(18)8-4-9(17)16-12(21)15-8/h1-4H,(H,14,18)(H,19,20)(H2,15,16,17,21).